The Bertz CT molecular complexity index is 127. The van der Waals surface area contributed by atoms with Crippen LogP contribution >= 0.6 is 22.2 Å². The van der Waals surface area contributed by atoms with Gasteiger partial charge in [-0.3, -0.25) is 0 Å². The smallest absolute Gasteiger partial charge is 0.139 e. The van der Waals surface area contributed by atoms with Crippen LogP contribution in [0.3, 0.4) is 0 Å². The lowest BCUT2D eigenvalue weighted by molar-refractivity contribution is 1.85. The molecule has 11 heavy (non-hydrogen) atoms. The zero-order chi connectivity index (χ0) is 9.50. The Morgan fingerprint density at radius 2 is 0.818 bits per heavy atom. The minimum absolute atomic E-state index is 1.30. The fourth-order valence-corrected chi connectivity index (χ4v) is 33.1. The van der Waals surface area contributed by atoms with Crippen LogP contribution in [0.4, 0.5) is 0 Å². The second-order valence-corrected chi connectivity index (χ2v) is 37.8. The lowest BCUT2D eigenvalue weighted by Gasteiger charge is -2.40. The molecule has 0 aliphatic heterocycles. The minimum atomic E-state index is -1.48. The Balaban J connectivity index is 4.75. The summed E-state index contributed by atoms with van der Waals surface area (Å²) < 4.78 is 0. The van der Waals surface area contributed by atoms with Crippen molar-refractivity contribution in [1.82, 2.24) is 0 Å². The van der Waals surface area contributed by atoms with Crippen molar-refractivity contribution in [3.8, 4) is 0 Å². The Morgan fingerprint density at radius 3 is 0.818 bits per heavy atom. The largest absolute Gasteiger partial charge is 0.171 e. The van der Waals surface area contributed by atoms with Crippen molar-refractivity contribution in [3.05, 3.63) is 0 Å². The van der Waals surface area contributed by atoms with E-state index in [2.05, 4.69) is 39.3 Å². The molecule has 0 bridgehead atoms. The van der Waals surface area contributed by atoms with Crippen LogP contribution in [0.5, 0.6) is 0 Å². The van der Waals surface area contributed by atoms with Crippen molar-refractivity contribution in [3.63, 3.8) is 0 Å². The molecular weight excluding hydrogens is 227 g/mol. The summed E-state index contributed by atoms with van der Waals surface area (Å²) in [6.07, 6.45) is 0. The van der Waals surface area contributed by atoms with E-state index in [1.54, 1.807) is 0 Å². The highest BCUT2D eigenvalue weighted by atomic mass is 35.6. The molecule has 0 aromatic heterocycles. The molecule has 0 aromatic carbocycles. The van der Waals surface area contributed by atoms with Gasteiger partial charge in [0.2, 0.25) is 0 Å². The third-order valence-corrected chi connectivity index (χ3v) is 49.4. The Labute approximate surface area is 82.3 Å². The molecule has 0 aromatic rings. The van der Waals surface area contributed by atoms with E-state index in [0.717, 1.165) is 0 Å². The van der Waals surface area contributed by atoms with Crippen LogP contribution in [0.1, 0.15) is 0 Å². The van der Waals surface area contributed by atoms with Crippen molar-refractivity contribution in [2.45, 2.75) is 39.3 Å². The van der Waals surface area contributed by atoms with Gasteiger partial charge in [-0.25, -0.2) is 0 Å². The highest BCUT2D eigenvalue weighted by Gasteiger charge is 2.51. The molecule has 0 saturated carbocycles. The SMILES string of the molecule is C[Si](C)(Cl)[Si](C)(C)[Si](C)(C)Cl. The fraction of sp³-hybridized carbons (Fsp3) is 1.00. The topological polar surface area (TPSA) is 0 Å². The molecule has 0 aliphatic rings. The average Bonchev–Trinajstić information content (AvgIpc) is 1.58. The summed E-state index contributed by atoms with van der Waals surface area (Å²) in [5.74, 6) is 0. The van der Waals surface area contributed by atoms with Crippen molar-refractivity contribution >= 4 is 43.1 Å². The number of hydrogen-bond donors (Lipinski definition) is 0. The van der Waals surface area contributed by atoms with Gasteiger partial charge in [0, 0.05) is 0 Å². The summed E-state index contributed by atoms with van der Waals surface area (Å²) in [6, 6.07) is 0. The molecular formula is C6H18Cl2Si3. The highest BCUT2D eigenvalue weighted by Crippen LogP contribution is 2.33. The van der Waals surface area contributed by atoms with E-state index in [4.69, 9.17) is 22.2 Å². The zero-order valence-electron chi connectivity index (χ0n) is 8.26. The first-order valence-corrected chi connectivity index (χ1v) is 16.9. The molecule has 0 spiro atoms. The molecule has 5 heteroatoms. The molecule has 0 amide bonds. The summed E-state index contributed by atoms with van der Waals surface area (Å²) in [6.45, 7) is 10.7. The second-order valence-electron chi connectivity index (χ2n) is 4.57. The molecule has 0 aliphatic carbocycles. The molecule has 0 saturated heterocycles. The van der Waals surface area contributed by atoms with Crippen molar-refractivity contribution < 1.29 is 0 Å². The maximum Gasteiger partial charge on any atom is 0.139 e. The van der Waals surface area contributed by atoms with E-state index >= 15 is 0 Å². The first-order chi connectivity index (χ1) is 4.50. The van der Waals surface area contributed by atoms with Crippen molar-refractivity contribution in [1.29, 1.82) is 0 Å². The first kappa shape index (κ1) is 12.2. The number of hydrogen-bond acceptors (Lipinski definition) is 0. The van der Waals surface area contributed by atoms with Crippen molar-refractivity contribution in [2.24, 2.45) is 0 Å². The van der Waals surface area contributed by atoms with Gasteiger partial charge in [-0.15, -0.1) is 0 Å². The summed E-state index contributed by atoms with van der Waals surface area (Å²) >= 11 is 12.9. The van der Waals surface area contributed by atoms with E-state index < -0.39 is 20.9 Å². The standard InChI is InChI=1S/C6H18Cl2Si3/c1-9(2,7)11(5,6)10(3,4)8/h1-6H3. The minimum Gasteiger partial charge on any atom is -0.171 e. The van der Waals surface area contributed by atoms with Gasteiger partial charge in [0.15, 0.2) is 0 Å². The van der Waals surface area contributed by atoms with Gasteiger partial charge < -0.3 is 0 Å². The fourth-order valence-electron chi connectivity index (χ4n) is 0.707. The van der Waals surface area contributed by atoms with Gasteiger partial charge in [-0.2, -0.15) is 22.2 Å². The first-order valence-electron chi connectivity index (χ1n) is 3.88. The molecule has 68 valence electrons. The van der Waals surface area contributed by atoms with Gasteiger partial charge >= 0.3 is 0 Å². The van der Waals surface area contributed by atoms with Crippen LogP contribution in [0.25, 0.3) is 0 Å². The molecule has 0 N–H and O–H groups in total. The van der Waals surface area contributed by atoms with E-state index in [9.17, 15) is 0 Å². The predicted molar refractivity (Wildman–Crippen MR) is 64.2 cm³/mol. The number of rotatable bonds is 2. The average molecular weight is 245 g/mol. The molecule has 0 atom stereocenters. The third kappa shape index (κ3) is 2.59. The van der Waals surface area contributed by atoms with Crippen LogP contribution in [-0.4, -0.2) is 20.9 Å². The Hall–Kier alpha value is 1.23. The van der Waals surface area contributed by atoms with E-state index in [1.807, 2.05) is 0 Å². The molecule has 0 nitrogen and oxygen atoms in total. The molecule has 0 rings (SSSR count). The third-order valence-electron chi connectivity index (χ3n) is 2.97. The summed E-state index contributed by atoms with van der Waals surface area (Å²) in [5.41, 5.74) is 0. The van der Waals surface area contributed by atoms with Crippen LogP contribution in [0, 0.1) is 0 Å². The maximum absolute atomic E-state index is 6.46. The quantitative estimate of drug-likeness (QED) is 0.513. The Kier molecular flexibility index (Phi) is 3.53. The summed E-state index contributed by atoms with van der Waals surface area (Å²) in [4.78, 5) is 0. The molecule has 0 heterocycles. The zero-order valence-corrected chi connectivity index (χ0v) is 12.8. The summed E-state index contributed by atoms with van der Waals surface area (Å²) in [7, 11) is -1.30. The van der Waals surface area contributed by atoms with Crippen LogP contribution in [0.2, 0.25) is 39.3 Å². The van der Waals surface area contributed by atoms with E-state index in [0.29, 0.717) is 0 Å². The van der Waals surface area contributed by atoms with Crippen molar-refractivity contribution in [2.75, 3.05) is 0 Å². The van der Waals surface area contributed by atoms with Gasteiger partial charge in [-0.1, -0.05) is 39.3 Å². The van der Waals surface area contributed by atoms with E-state index in [1.165, 1.54) is 0 Å². The normalized spacial score (nSPS) is 15.3. The van der Waals surface area contributed by atoms with Gasteiger partial charge in [0.25, 0.3) is 0 Å². The predicted octanol–water partition coefficient (Wildman–Crippen LogP) is 3.74. The summed E-state index contributed by atoms with van der Waals surface area (Å²) in [5, 5.41) is 0. The second kappa shape index (κ2) is 3.18. The van der Waals surface area contributed by atoms with Crippen LogP contribution in [0.15, 0.2) is 0 Å². The highest BCUT2D eigenvalue weighted by molar-refractivity contribution is 7.84. The monoisotopic (exact) mass is 244 g/mol. The van der Waals surface area contributed by atoms with Gasteiger partial charge in [-0.05, 0) is 0 Å². The molecule has 0 unspecified atom stereocenters. The molecule has 0 fully saturated rings. The van der Waals surface area contributed by atoms with Crippen LogP contribution < -0.4 is 0 Å². The number of halogens is 2. The van der Waals surface area contributed by atoms with Crippen LogP contribution in [-0.2, 0) is 0 Å². The Morgan fingerprint density at radius 1 is 0.636 bits per heavy atom. The lowest BCUT2D eigenvalue weighted by Crippen LogP contribution is -2.65. The molecule has 0 radical (unpaired) electrons. The van der Waals surface area contributed by atoms with Gasteiger partial charge in [0.1, 0.15) is 13.8 Å². The lowest BCUT2D eigenvalue weighted by atomic mass is 11.9. The van der Waals surface area contributed by atoms with E-state index in [-0.39, 0.29) is 0 Å². The van der Waals surface area contributed by atoms with Gasteiger partial charge in [0.05, 0.1) is 7.11 Å². The maximum atomic E-state index is 6.46.